The summed E-state index contributed by atoms with van der Waals surface area (Å²) >= 11 is 6.83. The van der Waals surface area contributed by atoms with Gasteiger partial charge in [0.1, 0.15) is 0 Å². The molecule has 0 saturated heterocycles. The Morgan fingerprint density at radius 2 is 1.08 bits per heavy atom. The number of aromatic nitrogens is 2. The molecule has 0 atom stereocenters. The number of thioether (sulfide) groups is 4. The van der Waals surface area contributed by atoms with Crippen LogP contribution in [0.4, 0.5) is 0 Å². The molecule has 0 N–H and O–H groups in total. The predicted molar refractivity (Wildman–Crippen MR) is 112 cm³/mol. The van der Waals surface area contributed by atoms with Gasteiger partial charge in [0.2, 0.25) is 11.8 Å². The number of hydrogen-bond donors (Lipinski definition) is 0. The van der Waals surface area contributed by atoms with Gasteiger partial charge in [0.15, 0.2) is 0 Å². The molecule has 3 aromatic rings. The number of hydrogen-bond acceptors (Lipinski definition) is 7. The van der Waals surface area contributed by atoms with Crippen molar-refractivity contribution < 1.29 is 4.42 Å². The molecular weight excluding hydrogens is 388 g/mol. The molecule has 7 heteroatoms. The minimum atomic E-state index is 0.563. The van der Waals surface area contributed by atoms with Crippen molar-refractivity contribution in [2.24, 2.45) is 0 Å². The van der Waals surface area contributed by atoms with Crippen LogP contribution in [0, 0.1) is 0 Å². The maximum atomic E-state index is 6.03. The van der Waals surface area contributed by atoms with Gasteiger partial charge < -0.3 is 4.42 Å². The van der Waals surface area contributed by atoms with Gasteiger partial charge in [-0.2, -0.15) is 0 Å². The highest BCUT2D eigenvalue weighted by atomic mass is 32.2. The molecule has 0 spiro atoms. The summed E-state index contributed by atoms with van der Waals surface area (Å²) in [5.74, 6) is 1.13. The zero-order valence-electron chi connectivity index (χ0n) is 14.4. The van der Waals surface area contributed by atoms with E-state index < -0.39 is 0 Å². The second-order valence-corrected chi connectivity index (χ2v) is 8.50. The first-order valence-electron chi connectivity index (χ1n) is 7.48. The van der Waals surface area contributed by atoms with E-state index in [1.807, 2.05) is 0 Å². The van der Waals surface area contributed by atoms with Gasteiger partial charge in [-0.3, -0.25) is 0 Å². The van der Waals surface area contributed by atoms with Crippen LogP contribution in [-0.2, 0) is 0 Å². The van der Waals surface area contributed by atoms with E-state index in [1.54, 1.807) is 47.0 Å². The molecule has 0 aliphatic carbocycles. The molecule has 0 unspecified atom stereocenters. The molecule has 3 rings (SSSR count). The average molecular weight is 407 g/mol. The van der Waals surface area contributed by atoms with Gasteiger partial charge in [0.25, 0.3) is 0 Å². The second-order valence-electron chi connectivity index (χ2n) is 5.04. The lowest BCUT2D eigenvalue weighted by molar-refractivity contribution is 0.581. The first-order chi connectivity index (χ1) is 12.2. The smallest absolute Gasteiger partial charge is 0.249 e. The summed E-state index contributed by atoms with van der Waals surface area (Å²) in [5, 5.41) is 8.59. The van der Waals surface area contributed by atoms with Gasteiger partial charge in [-0.1, -0.05) is 0 Å². The molecule has 1 heterocycles. The Hall–Kier alpha value is -1.02. The molecule has 25 heavy (non-hydrogen) atoms. The van der Waals surface area contributed by atoms with Crippen LogP contribution in [0.3, 0.4) is 0 Å². The van der Waals surface area contributed by atoms with Crippen molar-refractivity contribution in [1.29, 1.82) is 0 Å². The summed E-state index contributed by atoms with van der Waals surface area (Å²) in [5.41, 5.74) is 1.96. The quantitative estimate of drug-likeness (QED) is 0.445. The molecule has 0 amide bonds. The third-order valence-corrected chi connectivity index (χ3v) is 6.71. The molecule has 0 aliphatic heterocycles. The first kappa shape index (κ1) is 18.8. The Morgan fingerprint density at radius 3 is 1.44 bits per heavy atom. The highest BCUT2D eigenvalue weighted by Crippen LogP contribution is 2.36. The number of rotatable bonds is 6. The fourth-order valence-electron chi connectivity index (χ4n) is 2.39. The Bertz CT molecular complexity index is 809. The molecular formula is C18H18N2OS4. The zero-order chi connectivity index (χ0) is 17.8. The molecule has 0 aliphatic rings. The van der Waals surface area contributed by atoms with E-state index in [1.165, 1.54) is 9.79 Å². The van der Waals surface area contributed by atoms with Crippen molar-refractivity contribution in [3.8, 4) is 22.9 Å². The minimum Gasteiger partial charge on any atom is -0.416 e. The van der Waals surface area contributed by atoms with E-state index in [0.717, 1.165) is 20.9 Å². The average Bonchev–Trinajstić information content (AvgIpc) is 3.16. The number of benzene rings is 2. The Kier molecular flexibility index (Phi) is 6.44. The largest absolute Gasteiger partial charge is 0.416 e. The van der Waals surface area contributed by atoms with Crippen molar-refractivity contribution >= 4 is 47.0 Å². The van der Waals surface area contributed by atoms with Crippen molar-refractivity contribution in [3.63, 3.8) is 0 Å². The van der Waals surface area contributed by atoms with Gasteiger partial charge in [-0.05, 0) is 61.4 Å². The molecule has 130 valence electrons. The molecule has 0 fully saturated rings. The zero-order valence-corrected chi connectivity index (χ0v) is 17.7. The van der Waals surface area contributed by atoms with Crippen LogP contribution in [0.1, 0.15) is 0 Å². The van der Waals surface area contributed by atoms with Crippen LogP contribution in [0.5, 0.6) is 0 Å². The molecule has 0 saturated carbocycles. The standard InChI is InChI=1S/C18H18N2OS4/c1-22-11-5-7-13(15(9-11)24-3)17-19-20-18(21-17)14-8-6-12(23-2)10-16(14)25-4/h5-10H,1-4H3. The molecule has 0 bridgehead atoms. The SMILES string of the molecule is CSc1ccc(-c2nnc(-c3ccc(SC)cc3SC)o2)c(SC)c1. The van der Waals surface area contributed by atoms with Crippen LogP contribution in [0.15, 0.2) is 60.4 Å². The fraction of sp³-hybridized carbons (Fsp3) is 0.222. The van der Waals surface area contributed by atoms with Crippen LogP contribution >= 0.6 is 47.0 Å². The van der Waals surface area contributed by atoms with E-state index in [0.29, 0.717) is 11.8 Å². The Morgan fingerprint density at radius 1 is 0.640 bits per heavy atom. The van der Waals surface area contributed by atoms with Crippen LogP contribution in [0.2, 0.25) is 0 Å². The molecule has 1 aromatic heterocycles. The van der Waals surface area contributed by atoms with Gasteiger partial charge in [-0.15, -0.1) is 57.2 Å². The third-order valence-electron chi connectivity index (χ3n) is 3.70. The number of nitrogens with zero attached hydrogens (tertiary/aromatic N) is 2. The van der Waals surface area contributed by atoms with Gasteiger partial charge in [-0.25, -0.2) is 0 Å². The highest BCUT2D eigenvalue weighted by molar-refractivity contribution is 7.99. The predicted octanol–water partition coefficient (Wildman–Crippen LogP) is 6.29. The van der Waals surface area contributed by atoms with Crippen molar-refractivity contribution in [2.45, 2.75) is 19.6 Å². The lowest BCUT2D eigenvalue weighted by atomic mass is 10.2. The van der Waals surface area contributed by atoms with E-state index >= 15 is 0 Å². The maximum Gasteiger partial charge on any atom is 0.249 e. The summed E-state index contributed by atoms with van der Waals surface area (Å²) in [6.07, 6.45) is 8.28. The third kappa shape index (κ3) is 4.05. The lowest BCUT2D eigenvalue weighted by Gasteiger charge is -2.06. The van der Waals surface area contributed by atoms with Gasteiger partial charge in [0.05, 0.1) is 11.1 Å². The van der Waals surface area contributed by atoms with Gasteiger partial charge >= 0.3 is 0 Å². The second kappa shape index (κ2) is 8.58. The fourth-order valence-corrected chi connectivity index (χ4v) is 4.66. The van der Waals surface area contributed by atoms with Crippen molar-refractivity contribution in [2.75, 3.05) is 25.0 Å². The van der Waals surface area contributed by atoms with Crippen molar-refractivity contribution in [3.05, 3.63) is 36.4 Å². The summed E-state index contributed by atoms with van der Waals surface area (Å²) < 4.78 is 6.03. The Labute approximate surface area is 165 Å². The summed E-state index contributed by atoms with van der Waals surface area (Å²) in [7, 11) is 0. The van der Waals surface area contributed by atoms with Crippen LogP contribution in [-0.4, -0.2) is 35.2 Å². The van der Waals surface area contributed by atoms with Crippen molar-refractivity contribution in [1.82, 2.24) is 10.2 Å². The van der Waals surface area contributed by atoms with Gasteiger partial charge in [0, 0.05) is 19.6 Å². The summed E-state index contributed by atoms with van der Waals surface area (Å²) in [4.78, 5) is 4.74. The first-order valence-corrected chi connectivity index (χ1v) is 12.4. The molecule has 2 aromatic carbocycles. The topological polar surface area (TPSA) is 38.9 Å². The summed E-state index contributed by atoms with van der Waals surface area (Å²) in [6.45, 7) is 0. The Balaban J connectivity index is 2.01. The lowest BCUT2D eigenvalue weighted by Crippen LogP contribution is -1.83. The normalized spacial score (nSPS) is 11.0. The van der Waals surface area contributed by atoms with E-state index in [4.69, 9.17) is 4.42 Å². The highest BCUT2D eigenvalue weighted by Gasteiger charge is 2.16. The molecule has 0 radical (unpaired) electrons. The van der Waals surface area contributed by atoms with E-state index in [9.17, 15) is 0 Å². The van der Waals surface area contributed by atoms with Crippen LogP contribution < -0.4 is 0 Å². The molecule has 3 nitrogen and oxygen atoms in total. The van der Waals surface area contributed by atoms with E-state index in [-0.39, 0.29) is 0 Å². The monoisotopic (exact) mass is 406 g/mol. The minimum absolute atomic E-state index is 0.563. The van der Waals surface area contributed by atoms with Crippen LogP contribution in [0.25, 0.3) is 22.9 Å². The maximum absolute atomic E-state index is 6.03. The van der Waals surface area contributed by atoms with E-state index in [2.05, 4.69) is 71.6 Å². The summed E-state index contributed by atoms with van der Waals surface area (Å²) in [6, 6.07) is 12.6.